The van der Waals surface area contributed by atoms with Gasteiger partial charge in [-0.05, 0) is 47.9 Å². The molecule has 2 aromatic carbocycles. The summed E-state index contributed by atoms with van der Waals surface area (Å²) < 4.78 is 0. The predicted molar refractivity (Wildman–Crippen MR) is 87.8 cm³/mol. The maximum absolute atomic E-state index is 6.01. The van der Waals surface area contributed by atoms with Crippen molar-refractivity contribution < 1.29 is 0 Å². The molecule has 2 aromatic rings. The minimum atomic E-state index is 0.282. The van der Waals surface area contributed by atoms with Crippen LogP contribution in [0.25, 0.3) is 0 Å². The Kier molecular flexibility index (Phi) is 5.74. The summed E-state index contributed by atoms with van der Waals surface area (Å²) in [7, 11) is 0. The van der Waals surface area contributed by atoms with Crippen LogP contribution < -0.4 is 5.32 Å². The lowest BCUT2D eigenvalue weighted by atomic mass is 10.0. The van der Waals surface area contributed by atoms with Crippen LogP contribution >= 0.6 is 34.8 Å². The topological polar surface area (TPSA) is 12.0 Å². The maximum atomic E-state index is 6.01. The van der Waals surface area contributed by atoms with Gasteiger partial charge in [-0.15, -0.1) is 0 Å². The molecule has 1 nitrogen and oxygen atoms in total. The highest BCUT2D eigenvalue weighted by molar-refractivity contribution is 6.34. The number of hydrogen-bond donors (Lipinski definition) is 1. The minimum Gasteiger partial charge on any atom is -0.306 e. The van der Waals surface area contributed by atoms with E-state index in [0.29, 0.717) is 10.0 Å². The van der Waals surface area contributed by atoms with Gasteiger partial charge in [-0.1, -0.05) is 53.9 Å². The first kappa shape index (κ1) is 15.7. The first-order valence-corrected chi connectivity index (χ1v) is 7.65. The SMILES string of the molecule is CCC(NCc1cc(Cl)cc(Cl)c1)c1ccc(Cl)cc1. The fraction of sp³-hybridized carbons (Fsp3) is 0.250. The van der Waals surface area contributed by atoms with Crippen LogP contribution in [0.2, 0.25) is 15.1 Å². The zero-order valence-corrected chi connectivity index (χ0v) is 13.4. The van der Waals surface area contributed by atoms with Crippen molar-refractivity contribution in [1.29, 1.82) is 0 Å². The fourth-order valence-electron chi connectivity index (χ4n) is 2.15. The van der Waals surface area contributed by atoms with E-state index in [0.717, 1.165) is 23.6 Å². The van der Waals surface area contributed by atoms with E-state index < -0.39 is 0 Å². The second-order valence-electron chi connectivity index (χ2n) is 4.67. The average Bonchev–Trinajstić information content (AvgIpc) is 2.40. The molecular weight excluding hydrogens is 313 g/mol. The van der Waals surface area contributed by atoms with Gasteiger partial charge in [0.25, 0.3) is 0 Å². The minimum absolute atomic E-state index is 0.282. The molecule has 20 heavy (non-hydrogen) atoms. The molecule has 106 valence electrons. The molecule has 0 aliphatic heterocycles. The van der Waals surface area contributed by atoms with Gasteiger partial charge >= 0.3 is 0 Å². The molecule has 0 aliphatic rings. The van der Waals surface area contributed by atoms with Gasteiger partial charge in [-0.2, -0.15) is 0 Å². The Morgan fingerprint density at radius 1 is 0.900 bits per heavy atom. The van der Waals surface area contributed by atoms with E-state index in [1.165, 1.54) is 5.56 Å². The Balaban J connectivity index is 2.05. The molecule has 4 heteroatoms. The highest BCUT2D eigenvalue weighted by Gasteiger charge is 2.09. The molecule has 0 amide bonds. The Morgan fingerprint density at radius 3 is 2.05 bits per heavy atom. The lowest BCUT2D eigenvalue weighted by molar-refractivity contribution is 0.519. The molecule has 1 atom stereocenters. The number of hydrogen-bond acceptors (Lipinski definition) is 1. The van der Waals surface area contributed by atoms with Gasteiger partial charge in [0.15, 0.2) is 0 Å². The standard InChI is InChI=1S/C16H16Cl3N/c1-2-16(12-3-5-13(17)6-4-12)20-10-11-7-14(18)9-15(19)8-11/h3-9,16,20H,2,10H2,1H3. The second kappa shape index (κ2) is 7.33. The third kappa shape index (κ3) is 4.39. The van der Waals surface area contributed by atoms with Crippen molar-refractivity contribution in [3.63, 3.8) is 0 Å². The molecule has 0 spiro atoms. The molecule has 0 saturated heterocycles. The lowest BCUT2D eigenvalue weighted by Gasteiger charge is -2.18. The van der Waals surface area contributed by atoms with Gasteiger partial charge < -0.3 is 5.32 Å². The summed E-state index contributed by atoms with van der Waals surface area (Å²) in [6, 6.07) is 13.8. The molecule has 0 aliphatic carbocycles. The van der Waals surface area contributed by atoms with Crippen LogP contribution in [0.5, 0.6) is 0 Å². The van der Waals surface area contributed by atoms with E-state index in [1.54, 1.807) is 6.07 Å². The molecule has 0 radical (unpaired) electrons. The Morgan fingerprint density at radius 2 is 1.50 bits per heavy atom. The number of benzene rings is 2. The van der Waals surface area contributed by atoms with Crippen LogP contribution in [-0.4, -0.2) is 0 Å². The third-order valence-corrected chi connectivity index (χ3v) is 3.84. The number of halogens is 3. The highest BCUT2D eigenvalue weighted by Crippen LogP contribution is 2.22. The first-order chi connectivity index (χ1) is 9.58. The van der Waals surface area contributed by atoms with E-state index in [9.17, 15) is 0 Å². The Labute approximate surface area is 134 Å². The van der Waals surface area contributed by atoms with Crippen molar-refractivity contribution in [3.8, 4) is 0 Å². The molecule has 1 N–H and O–H groups in total. The summed E-state index contributed by atoms with van der Waals surface area (Å²) in [5, 5.41) is 5.59. The predicted octanol–water partition coefficient (Wildman–Crippen LogP) is 5.89. The normalized spacial score (nSPS) is 12.4. The molecule has 0 saturated carbocycles. The quantitative estimate of drug-likeness (QED) is 0.722. The van der Waals surface area contributed by atoms with Crippen LogP contribution in [0.1, 0.15) is 30.5 Å². The van der Waals surface area contributed by atoms with Crippen molar-refractivity contribution in [2.45, 2.75) is 25.9 Å². The summed E-state index contributed by atoms with van der Waals surface area (Å²) in [5.74, 6) is 0. The Hall–Kier alpha value is -0.730. The van der Waals surface area contributed by atoms with Gasteiger partial charge in [0.05, 0.1) is 0 Å². The van der Waals surface area contributed by atoms with Gasteiger partial charge in [-0.3, -0.25) is 0 Å². The average molecular weight is 329 g/mol. The summed E-state index contributed by atoms with van der Waals surface area (Å²) >= 11 is 17.9. The second-order valence-corrected chi connectivity index (χ2v) is 5.98. The van der Waals surface area contributed by atoms with E-state index in [4.69, 9.17) is 34.8 Å². The largest absolute Gasteiger partial charge is 0.306 e. The van der Waals surface area contributed by atoms with Crippen molar-refractivity contribution >= 4 is 34.8 Å². The summed E-state index contributed by atoms with van der Waals surface area (Å²) in [6.07, 6.45) is 0.996. The summed E-state index contributed by atoms with van der Waals surface area (Å²) in [5.41, 5.74) is 2.31. The molecule has 0 aromatic heterocycles. The summed E-state index contributed by atoms with van der Waals surface area (Å²) in [4.78, 5) is 0. The van der Waals surface area contributed by atoms with Crippen LogP contribution in [0, 0.1) is 0 Å². The van der Waals surface area contributed by atoms with Gasteiger partial charge in [0, 0.05) is 27.7 Å². The van der Waals surface area contributed by atoms with E-state index >= 15 is 0 Å². The molecule has 1 unspecified atom stereocenters. The van der Waals surface area contributed by atoms with Crippen molar-refractivity contribution in [3.05, 3.63) is 68.7 Å². The third-order valence-electron chi connectivity index (χ3n) is 3.16. The van der Waals surface area contributed by atoms with E-state index in [-0.39, 0.29) is 6.04 Å². The number of nitrogens with one attached hydrogen (secondary N) is 1. The van der Waals surface area contributed by atoms with E-state index in [1.807, 2.05) is 24.3 Å². The van der Waals surface area contributed by atoms with E-state index in [2.05, 4.69) is 24.4 Å². The maximum Gasteiger partial charge on any atom is 0.0424 e. The first-order valence-electron chi connectivity index (χ1n) is 6.52. The monoisotopic (exact) mass is 327 g/mol. The molecule has 2 rings (SSSR count). The Bertz CT molecular complexity index is 546. The van der Waals surface area contributed by atoms with Crippen molar-refractivity contribution in [2.75, 3.05) is 0 Å². The molecule has 0 bridgehead atoms. The van der Waals surface area contributed by atoms with Crippen LogP contribution in [0.4, 0.5) is 0 Å². The zero-order chi connectivity index (χ0) is 14.5. The van der Waals surface area contributed by atoms with Gasteiger partial charge in [0.1, 0.15) is 0 Å². The number of rotatable bonds is 5. The molecular formula is C16H16Cl3N. The van der Waals surface area contributed by atoms with Crippen LogP contribution in [-0.2, 0) is 6.54 Å². The van der Waals surface area contributed by atoms with Gasteiger partial charge in [0.2, 0.25) is 0 Å². The molecule has 0 fully saturated rings. The van der Waals surface area contributed by atoms with Crippen LogP contribution in [0.3, 0.4) is 0 Å². The molecule has 0 heterocycles. The summed E-state index contributed by atoms with van der Waals surface area (Å²) in [6.45, 7) is 2.87. The highest BCUT2D eigenvalue weighted by atomic mass is 35.5. The smallest absolute Gasteiger partial charge is 0.0424 e. The van der Waals surface area contributed by atoms with Crippen molar-refractivity contribution in [2.24, 2.45) is 0 Å². The van der Waals surface area contributed by atoms with Gasteiger partial charge in [-0.25, -0.2) is 0 Å². The fourth-order valence-corrected chi connectivity index (χ4v) is 2.84. The lowest BCUT2D eigenvalue weighted by Crippen LogP contribution is -2.20. The van der Waals surface area contributed by atoms with Crippen molar-refractivity contribution in [1.82, 2.24) is 5.32 Å². The van der Waals surface area contributed by atoms with Crippen LogP contribution in [0.15, 0.2) is 42.5 Å². The zero-order valence-electron chi connectivity index (χ0n) is 11.2.